The number of aliphatic hydroxyl groups excluding tert-OH is 1. The lowest BCUT2D eigenvalue weighted by atomic mass is 10.0. The van der Waals surface area contributed by atoms with Crippen LogP contribution in [0, 0.1) is 0 Å². The van der Waals surface area contributed by atoms with Crippen LogP contribution in [0.5, 0.6) is 0 Å². The van der Waals surface area contributed by atoms with Gasteiger partial charge in [-0.3, -0.25) is 4.90 Å². The molecular weight excluding hydrogens is 232 g/mol. The molecule has 4 heteroatoms. The topological polar surface area (TPSA) is 36.4 Å². The van der Waals surface area contributed by atoms with Crippen LogP contribution in [0.1, 0.15) is 49.0 Å². The third-order valence-electron chi connectivity index (χ3n) is 3.37. The van der Waals surface area contributed by atoms with E-state index in [1.54, 1.807) is 11.3 Å². The van der Waals surface area contributed by atoms with Crippen molar-refractivity contribution >= 4 is 11.3 Å². The minimum Gasteiger partial charge on any atom is -0.393 e. The van der Waals surface area contributed by atoms with Crippen LogP contribution in [0.2, 0.25) is 0 Å². The summed E-state index contributed by atoms with van der Waals surface area (Å²) in [4.78, 5) is 8.28. The second-order valence-electron chi connectivity index (χ2n) is 4.86. The molecule has 1 N–H and O–H groups in total. The number of hydrogen-bond donors (Lipinski definition) is 1. The van der Waals surface area contributed by atoms with E-state index < -0.39 is 0 Å². The molecule has 2 rings (SSSR count). The largest absolute Gasteiger partial charge is 0.393 e. The van der Waals surface area contributed by atoms with Crippen molar-refractivity contribution in [3.8, 4) is 0 Å². The van der Waals surface area contributed by atoms with Crippen LogP contribution in [0.25, 0.3) is 0 Å². The molecule has 1 aliphatic rings. The number of thiazole rings is 1. The number of piperidine rings is 1. The second-order valence-corrected chi connectivity index (χ2v) is 6.00. The first-order valence-corrected chi connectivity index (χ1v) is 7.39. The van der Waals surface area contributed by atoms with Gasteiger partial charge >= 0.3 is 0 Å². The summed E-state index contributed by atoms with van der Waals surface area (Å²) in [6.07, 6.45) is 6.26. The molecule has 17 heavy (non-hydrogen) atoms. The number of aliphatic hydroxyl groups is 1. The molecule has 1 fully saturated rings. The molecule has 0 amide bonds. The van der Waals surface area contributed by atoms with E-state index in [0.29, 0.717) is 6.04 Å². The zero-order valence-corrected chi connectivity index (χ0v) is 11.5. The first kappa shape index (κ1) is 13.0. The molecule has 2 unspecified atom stereocenters. The van der Waals surface area contributed by atoms with Crippen molar-refractivity contribution < 1.29 is 5.11 Å². The summed E-state index contributed by atoms with van der Waals surface area (Å²) in [7, 11) is 0. The van der Waals surface area contributed by atoms with Gasteiger partial charge in [0.2, 0.25) is 0 Å². The summed E-state index contributed by atoms with van der Waals surface area (Å²) in [6, 6.07) is 0.515. The number of nitrogens with zero attached hydrogens (tertiary/aromatic N) is 2. The Morgan fingerprint density at radius 3 is 3.12 bits per heavy atom. The number of likely N-dealkylation sites (tertiary alicyclic amines) is 1. The number of aromatic nitrogens is 1. The van der Waals surface area contributed by atoms with Gasteiger partial charge in [-0.15, -0.1) is 11.3 Å². The van der Waals surface area contributed by atoms with Gasteiger partial charge in [0.25, 0.3) is 0 Å². The zero-order chi connectivity index (χ0) is 12.3. The van der Waals surface area contributed by atoms with E-state index in [-0.39, 0.29) is 6.10 Å². The van der Waals surface area contributed by atoms with Gasteiger partial charge in [0.1, 0.15) is 5.01 Å². The van der Waals surface area contributed by atoms with Crippen molar-refractivity contribution in [1.82, 2.24) is 9.88 Å². The Labute approximate surface area is 107 Å². The molecule has 2 atom stereocenters. The Balaban J connectivity index is 2.07. The Morgan fingerprint density at radius 1 is 1.59 bits per heavy atom. The summed E-state index contributed by atoms with van der Waals surface area (Å²) >= 11 is 1.77. The van der Waals surface area contributed by atoms with Crippen molar-refractivity contribution in [3.05, 3.63) is 16.1 Å². The van der Waals surface area contributed by atoms with Crippen LogP contribution in [0.15, 0.2) is 6.20 Å². The minimum atomic E-state index is -0.267. The first-order chi connectivity index (χ1) is 8.20. The molecule has 96 valence electrons. The van der Waals surface area contributed by atoms with Crippen LogP contribution in [0.3, 0.4) is 0 Å². The molecule has 3 nitrogen and oxygen atoms in total. The van der Waals surface area contributed by atoms with Crippen molar-refractivity contribution in [2.75, 3.05) is 13.1 Å². The van der Waals surface area contributed by atoms with E-state index in [1.165, 1.54) is 35.7 Å². The molecule has 1 aromatic heterocycles. The fourth-order valence-electron chi connectivity index (χ4n) is 2.51. The fourth-order valence-corrected chi connectivity index (χ4v) is 3.72. The van der Waals surface area contributed by atoms with E-state index in [1.807, 2.05) is 13.1 Å². The normalized spacial score (nSPS) is 23.8. The average Bonchev–Trinajstić information content (AvgIpc) is 2.76. The third kappa shape index (κ3) is 3.27. The Morgan fingerprint density at radius 2 is 2.41 bits per heavy atom. The average molecular weight is 254 g/mol. The predicted octanol–water partition coefficient (Wildman–Crippen LogP) is 2.61. The number of rotatable bonds is 4. The maximum atomic E-state index is 9.39. The maximum Gasteiger partial charge on any atom is 0.110 e. The van der Waals surface area contributed by atoms with Crippen LogP contribution >= 0.6 is 11.3 Å². The molecule has 0 spiro atoms. The van der Waals surface area contributed by atoms with Crippen molar-refractivity contribution in [3.63, 3.8) is 0 Å². The minimum absolute atomic E-state index is 0.267. The van der Waals surface area contributed by atoms with E-state index >= 15 is 0 Å². The third-order valence-corrected chi connectivity index (χ3v) is 4.49. The molecule has 1 aromatic rings. The van der Waals surface area contributed by atoms with E-state index in [2.05, 4.69) is 16.8 Å². The summed E-state index contributed by atoms with van der Waals surface area (Å²) < 4.78 is 0. The summed E-state index contributed by atoms with van der Waals surface area (Å²) in [5.74, 6) is 0. The molecule has 0 aliphatic carbocycles. The molecule has 0 radical (unpaired) electrons. The molecule has 0 bridgehead atoms. The standard InChI is InChI=1S/C13H22N2OS/c1-3-15-7-5-4-6-12(15)13-14-9-11(17-13)8-10(2)16/h9-10,12,16H,3-8H2,1-2H3. The SMILES string of the molecule is CCN1CCCCC1c1ncc(CC(C)O)s1. The smallest absolute Gasteiger partial charge is 0.110 e. The lowest BCUT2D eigenvalue weighted by molar-refractivity contribution is 0.157. The van der Waals surface area contributed by atoms with Crippen molar-refractivity contribution in [2.24, 2.45) is 0 Å². The molecule has 0 aromatic carbocycles. The van der Waals surface area contributed by atoms with Crippen LogP contribution in [0.4, 0.5) is 0 Å². The number of hydrogen-bond acceptors (Lipinski definition) is 4. The van der Waals surface area contributed by atoms with E-state index in [0.717, 1.165) is 13.0 Å². The van der Waals surface area contributed by atoms with Gasteiger partial charge in [-0.25, -0.2) is 4.98 Å². The highest BCUT2D eigenvalue weighted by Gasteiger charge is 2.25. The summed E-state index contributed by atoms with van der Waals surface area (Å²) in [5.41, 5.74) is 0. The Hall–Kier alpha value is -0.450. The molecule has 0 saturated carbocycles. The lowest BCUT2D eigenvalue weighted by Gasteiger charge is -2.33. The lowest BCUT2D eigenvalue weighted by Crippen LogP contribution is -2.32. The van der Waals surface area contributed by atoms with Crippen molar-refractivity contribution in [2.45, 2.75) is 51.7 Å². The quantitative estimate of drug-likeness (QED) is 0.897. The van der Waals surface area contributed by atoms with Gasteiger partial charge in [-0.1, -0.05) is 13.3 Å². The highest BCUT2D eigenvalue weighted by Crippen LogP contribution is 2.33. The summed E-state index contributed by atoms with van der Waals surface area (Å²) in [5, 5.41) is 10.6. The van der Waals surface area contributed by atoms with Gasteiger partial charge in [0.05, 0.1) is 12.1 Å². The van der Waals surface area contributed by atoms with Crippen LogP contribution < -0.4 is 0 Å². The second kappa shape index (κ2) is 5.94. The van der Waals surface area contributed by atoms with E-state index in [4.69, 9.17) is 0 Å². The highest BCUT2D eigenvalue weighted by molar-refractivity contribution is 7.11. The highest BCUT2D eigenvalue weighted by atomic mass is 32.1. The fraction of sp³-hybridized carbons (Fsp3) is 0.769. The Bertz CT molecular complexity index is 351. The van der Waals surface area contributed by atoms with Gasteiger partial charge in [0.15, 0.2) is 0 Å². The van der Waals surface area contributed by atoms with Gasteiger partial charge < -0.3 is 5.11 Å². The Kier molecular flexibility index (Phi) is 4.54. The maximum absolute atomic E-state index is 9.39. The first-order valence-electron chi connectivity index (χ1n) is 6.57. The summed E-state index contributed by atoms with van der Waals surface area (Å²) in [6.45, 7) is 6.36. The van der Waals surface area contributed by atoms with Gasteiger partial charge in [-0.05, 0) is 32.9 Å². The van der Waals surface area contributed by atoms with Crippen LogP contribution in [-0.4, -0.2) is 34.2 Å². The van der Waals surface area contributed by atoms with Crippen LogP contribution in [-0.2, 0) is 6.42 Å². The molecule has 2 heterocycles. The molecular formula is C13H22N2OS. The molecule has 1 saturated heterocycles. The van der Waals surface area contributed by atoms with E-state index in [9.17, 15) is 5.11 Å². The predicted molar refractivity (Wildman–Crippen MR) is 71.3 cm³/mol. The molecule has 1 aliphatic heterocycles. The van der Waals surface area contributed by atoms with Gasteiger partial charge in [0, 0.05) is 17.5 Å². The van der Waals surface area contributed by atoms with Gasteiger partial charge in [-0.2, -0.15) is 0 Å². The van der Waals surface area contributed by atoms with Crippen molar-refractivity contribution in [1.29, 1.82) is 0 Å². The monoisotopic (exact) mass is 254 g/mol. The zero-order valence-electron chi connectivity index (χ0n) is 10.7.